The van der Waals surface area contributed by atoms with Gasteiger partial charge in [-0.2, -0.15) is 5.26 Å². The van der Waals surface area contributed by atoms with Gasteiger partial charge in [0.25, 0.3) is 5.91 Å². The monoisotopic (exact) mass is 321 g/mol. The van der Waals surface area contributed by atoms with E-state index in [9.17, 15) is 4.79 Å². The average Bonchev–Trinajstić information content (AvgIpc) is 3.08. The maximum absolute atomic E-state index is 12.4. The van der Waals surface area contributed by atoms with Gasteiger partial charge in [-0.25, -0.2) is 9.97 Å². The van der Waals surface area contributed by atoms with Crippen LogP contribution in [0.25, 0.3) is 0 Å². The highest BCUT2D eigenvalue weighted by atomic mass is 16.1. The number of amides is 1. The highest BCUT2D eigenvalue weighted by molar-refractivity contribution is 5.93. The number of aromatic nitrogens is 2. The zero-order valence-corrected chi connectivity index (χ0v) is 13.5. The Labute approximate surface area is 140 Å². The lowest BCUT2D eigenvalue weighted by Crippen LogP contribution is -2.33. The van der Waals surface area contributed by atoms with Crippen molar-refractivity contribution < 1.29 is 4.79 Å². The molecule has 1 aromatic heterocycles. The zero-order chi connectivity index (χ0) is 16.9. The van der Waals surface area contributed by atoms with Crippen molar-refractivity contribution in [1.82, 2.24) is 15.3 Å². The molecule has 1 aliphatic rings. The van der Waals surface area contributed by atoms with Crippen LogP contribution in [0.5, 0.6) is 0 Å². The summed E-state index contributed by atoms with van der Waals surface area (Å²) in [5.41, 5.74) is 2.15. The third kappa shape index (κ3) is 3.69. The highest BCUT2D eigenvalue weighted by Crippen LogP contribution is 2.20. The molecule has 6 nitrogen and oxygen atoms in total. The van der Waals surface area contributed by atoms with Crippen LogP contribution in [0.4, 0.5) is 11.6 Å². The normalized spacial score (nSPS) is 14.2. The number of hydrogen-bond acceptors (Lipinski definition) is 5. The van der Waals surface area contributed by atoms with Gasteiger partial charge in [0, 0.05) is 11.7 Å². The maximum atomic E-state index is 12.4. The number of carbonyl (C=O) groups excluding carboxylic acids is 1. The lowest BCUT2D eigenvalue weighted by molar-refractivity contribution is 0.0932. The Morgan fingerprint density at radius 1 is 1.25 bits per heavy atom. The topological polar surface area (TPSA) is 90.7 Å². The molecule has 0 radical (unpaired) electrons. The van der Waals surface area contributed by atoms with Crippen molar-refractivity contribution in [3.05, 3.63) is 47.3 Å². The van der Waals surface area contributed by atoms with E-state index in [1.54, 1.807) is 24.3 Å². The molecule has 0 unspecified atom stereocenters. The molecular weight excluding hydrogens is 302 g/mol. The van der Waals surface area contributed by atoms with Gasteiger partial charge in [0.2, 0.25) is 5.95 Å². The SMILES string of the molecule is Cc1cc(C(=O)NC2CCCC2)nc(Nc2ccccc2C#N)n1. The van der Waals surface area contributed by atoms with E-state index in [0.717, 1.165) is 25.7 Å². The van der Waals surface area contributed by atoms with Gasteiger partial charge < -0.3 is 10.6 Å². The zero-order valence-electron chi connectivity index (χ0n) is 13.5. The number of nitriles is 1. The summed E-state index contributed by atoms with van der Waals surface area (Å²) in [6.45, 7) is 1.81. The predicted molar refractivity (Wildman–Crippen MR) is 90.9 cm³/mol. The molecule has 0 atom stereocenters. The summed E-state index contributed by atoms with van der Waals surface area (Å²) < 4.78 is 0. The lowest BCUT2D eigenvalue weighted by Gasteiger charge is -2.13. The van der Waals surface area contributed by atoms with Crippen LogP contribution in [0.15, 0.2) is 30.3 Å². The van der Waals surface area contributed by atoms with Crippen LogP contribution in [-0.2, 0) is 0 Å². The Bertz CT molecular complexity index is 790. The van der Waals surface area contributed by atoms with E-state index >= 15 is 0 Å². The highest BCUT2D eigenvalue weighted by Gasteiger charge is 2.19. The van der Waals surface area contributed by atoms with Gasteiger partial charge in [-0.1, -0.05) is 25.0 Å². The van der Waals surface area contributed by atoms with Gasteiger partial charge in [0.1, 0.15) is 11.8 Å². The third-order valence-corrected chi connectivity index (χ3v) is 4.07. The van der Waals surface area contributed by atoms with Crippen molar-refractivity contribution in [2.45, 2.75) is 38.6 Å². The summed E-state index contributed by atoms with van der Waals surface area (Å²) in [4.78, 5) is 21.0. The van der Waals surface area contributed by atoms with E-state index < -0.39 is 0 Å². The van der Waals surface area contributed by atoms with Gasteiger partial charge in [-0.15, -0.1) is 0 Å². The Kier molecular flexibility index (Phi) is 4.71. The van der Waals surface area contributed by atoms with E-state index in [1.807, 2.05) is 13.0 Å². The number of hydrogen-bond donors (Lipinski definition) is 2. The standard InChI is InChI=1S/C18H19N5O/c1-12-10-16(17(24)21-14-7-3-4-8-14)23-18(20-12)22-15-9-5-2-6-13(15)11-19/h2,5-6,9-10,14H,3-4,7-8H2,1H3,(H,21,24)(H,20,22,23). The van der Waals surface area contributed by atoms with Crippen LogP contribution >= 0.6 is 0 Å². The second-order valence-corrected chi connectivity index (χ2v) is 5.96. The van der Waals surface area contributed by atoms with Gasteiger partial charge in [0.15, 0.2) is 0 Å². The molecule has 0 aliphatic heterocycles. The molecule has 1 fully saturated rings. The van der Waals surface area contributed by atoms with Crippen molar-refractivity contribution in [2.24, 2.45) is 0 Å². The molecule has 6 heteroatoms. The summed E-state index contributed by atoms with van der Waals surface area (Å²) in [7, 11) is 0. The van der Waals surface area contributed by atoms with E-state index in [0.29, 0.717) is 28.6 Å². The fraction of sp³-hybridized carbons (Fsp3) is 0.333. The molecule has 0 bridgehead atoms. The van der Waals surface area contributed by atoms with E-state index in [2.05, 4.69) is 26.7 Å². The molecular formula is C18H19N5O. The van der Waals surface area contributed by atoms with Crippen molar-refractivity contribution in [1.29, 1.82) is 5.26 Å². The van der Waals surface area contributed by atoms with Gasteiger partial charge in [0.05, 0.1) is 11.3 Å². The Morgan fingerprint density at radius 2 is 2.00 bits per heavy atom. The van der Waals surface area contributed by atoms with Crippen LogP contribution in [0, 0.1) is 18.3 Å². The second-order valence-electron chi connectivity index (χ2n) is 5.96. The lowest BCUT2D eigenvalue weighted by atomic mass is 10.2. The Morgan fingerprint density at radius 3 is 2.75 bits per heavy atom. The molecule has 1 amide bonds. The minimum Gasteiger partial charge on any atom is -0.348 e. The molecule has 2 aromatic rings. The molecule has 2 N–H and O–H groups in total. The molecule has 3 rings (SSSR count). The summed E-state index contributed by atoms with van der Waals surface area (Å²) in [6.07, 6.45) is 4.36. The second kappa shape index (κ2) is 7.09. The summed E-state index contributed by atoms with van der Waals surface area (Å²) >= 11 is 0. The van der Waals surface area contributed by atoms with Crippen LogP contribution in [0.3, 0.4) is 0 Å². The quantitative estimate of drug-likeness (QED) is 0.903. The first-order valence-electron chi connectivity index (χ1n) is 8.08. The largest absolute Gasteiger partial charge is 0.348 e. The number of nitrogens with zero attached hydrogens (tertiary/aromatic N) is 3. The molecule has 1 heterocycles. The predicted octanol–water partition coefficient (Wildman–Crippen LogP) is 3.07. The smallest absolute Gasteiger partial charge is 0.270 e. The number of rotatable bonds is 4. The maximum Gasteiger partial charge on any atom is 0.270 e. The molecule has 1 aliphatic carbocycles. The van der Waals surface area contributed by atoms with E-state index in [-0.39, 0.29) is 11.9 Å². The van der Waals surface area contributed by atoms with E-state index in [1.165, 1.54) is 0 Å². The number of benzene rings is 1. The summed E-state index contributed by atoms with van der Waals surface area (Å²) in [5, 5.41) is 15.2. The minimum atomic E-state index is -0.177. The fourth-order valence-corrected chi connectivity index (χ4v) is 2.88. The number of carbonyl (C=O) groups is 1. The van der Waals surface area contributed by atoms with Gasteiger partial charge >= 0.3 is 0 Å². The number of para-hydroxylation sites is 1. The first-order chi connectivity index (χ1) is 11.7. The molecule has 0 spiro atoms. The van der Waals surface area contributed by atoms with Gasteiger partial charge in [-0.3, -0.25) is 4.79 Å². The molecule has 0 saturated heterocycles. The van der Waals surface area contributed by atoms with Crippen molar-refractivity contribution in [3.8, 4) is 6.07 Å². The summed E-state index contributed by atoms with van der Waals surface area (Å²) in [5.74, 6) is 0.137. The Balaban J connectivity index is 1.81. The van der Waals surface area contributed by atoms with Crippen molar-refractivity contribution in [2.75, 3.05) is 5.32 Å². The van der Waals surface area contributed by atoms with Crippen LogP contribution in [-0.4, -0.2) is 21.9 Å². The van der Waals surface area contributed by atoms with E-state index in [4.69, 9.17) is 5.26 Å². The van der Waals surface area contributed by atoms with Crippen molar-refractivity contribution >= 4 is 17.5 Å². The summed E-state index contributed by atoms with van der Waals surface area (Å²) in [6, 6.07) is 11.1. The first kappa shape index (κ1) is 15.9. The molecule has 24 heavy (non-hydrogen) atoms. The van der Waals surface area contributed by atoms with Crippen LogP contribution in [0.1, 0.15) is 47.4 Å². The number of aryl methyl sites for hydroxylation is 1. The fourth-order valence-electron chi connectivity index (χ4n) is 2.88. The minimum absolute atomic E-state index is 0.177. The molecule has 122 valence electrons. The number of nitrogens with one attached hydrogen (secondary N) is 2. The number of anilines is 2. The van der Waals surface area contributed by atoms with Crippen LogP contribution < -0.4 is 10.6 Å². The molecule has 1 aromatic carbocycles. The van der Waals surface area contributed by atoms with Crippen molar-refractivity contribution in [3.63, 3.8) is 0 Å². The van der Waals surface area contributed by atoms with Gasteiger partial charge in [-0.05, 0) is 38.0 Å². The van der Waals surface area contributed by atoms with Crippen LogP contribution in [0.2, 0.25) is 0 Å². The Hall–Kier alpha value is -2.94. The average molecular weight is 321 g/mol. The molecule has 1 saturated carbocycles. The first-order valence-corrected chi connectivity index (χ1v) is 8.08. The third-order valence-electron chi connectivity index (χ3n) is 4.07.